The zero-order valence-corrected chi connectivity index (χ0v) is 12.4. The summed E-state index contributed by atoms with van der Waals surface area (Å²) in [7, 11) is 1.65. The van der Waals surface area contributed by atoms with Crippen LogP contribution in [0.1, 0.15) is 38.3 Å². The highest BCUT2D eigenvalue weighted by molar-refractivity contribution is 5.82. The fourth-order valence-electron chi connectivity index (χ4n) is 2.27. The van der Waals surface area contributed by atoms with Gasteiger partial charge in [-0.3, -0.25) is 4.79 Å². The molecule has 4 heteroatoms. The number of rotatable bonds is 6. The minimum atomic E-state index is -0.450. The Morgan fingerprint density at radius 2 is 1.90 bits per heavy atom. The van der Waals surface area contributed by atoms with Gasteiger partial charge in [-0.25, -0.2) is 0 Å². The molecule has 1 saturated carbocycles. The summed E-state index contributed by atoms with van der Waals surface area (Å²) in [4.78, 5) is 12.2. The van der Waals surface area contributed by atoms with Crippen LogP contribution in [-0.2, 0) is 4.79 Å². The van der Waals surface area contributed by atoms with Crippen LogP contribution in [-0.4, -0.2) is 19.1 Å². The predicted molar refractivity (Wildman–Crippen MR) is 79.4 cm³/mol. The molecule has 2 unspecified atom stereocenters. The SMILES string of the molecule is COc1ccc(C(NC(=O)C(N)C(C)C)C2CC2)cc1. The molecule has 1 aliphatic rings. The number of nitrogens with two attached hydrogens (primary N) is 1. The predicted octanol–water partition coefficient (Wildman–Crippen LogP) is 2.25. The van der Waals surface area contributed by atoms with Gasteiger partial charge in [0.2, 0.25) is 5.91 Å². The molecule has 2 rings (SSSR count). The standard InChI is InChI=1S/C16H24N2O2/c1-10(2)14(17)16(19)18-15(11-4-5-11)12-6-8-13(20-3)9-7-12/h6-11,14-15H,4-5,17H2,1-3H3,(H,18,19). The number of carbonyl (C=O) groups is 1. The quantitative estimate of drug-likeness (QED) is 0.837. The Morgan fingerprint density at radius 1 is 1.30 bits per heavy atom. The molecule has 0 aromatic heterocycles. The monoisotopic (exact) mass is 276 g/mol. The van der Waals surface area contributed by atoms with Crippen LogP contribution >= 0.6 is 0 Å². The van der Waals surface area contributed by atoms with E-state index in [1.165, 1.54) is 0 Å². The van der Waals surface area contributed by atoms with Gasteiger partial charge in [0.1, 0.15) is 5.75 Å². The summed E-state index contributed by atoms with van der Waals surface area (Å²) in [6, 6.07) is 7.51. The van der Waals surface area contributed by atoms with Crippen molar-refractivity contribution in [3.8, 4) is 5.75 Å². The Hall–Kier alpha value is -1.55. The summed E-state index contributed by atoms with van der Waals surface area (Å²) >= 11 is 0. The first-order valence-corrected chi connectivity index (χ1v) is 7.23. The maximum atomic E-state index is 12.2. The smallest absolute Gasteiger partial charge is 0.237 e. The van der Waals surface area contributed by atoms with Crippen molar-refractivity contribution in [1.82, 2.24) is 5.32 Å². The number of methoxy groups -OCH3 is 1. The molecular weight excluding hydrogens is 252 g/mol. The van der Waals surface area contributed by atoms with E-state index in [0.29, 0.717) is 5.92 Å². The fourth-order valence-corrected chi connectivity index (χ4v) is 2.27. The second kappa shape index (κ2) is 6.27. The summed E-state index contributed by atoms with van der Waals surface area (Å²) in [5.74, 6) is 1.44. The van der Waals surface area contributed by atoms with Crippen LogP contribution in [0.5, 0.6) is 5.75 Å². The number of benzene rings is 1. The molecule has 4 nitrogen and oxygen atoms in total. The van der Waals surface area contributed by atoms with E-state index in [-0.39, 0.29) is 17.9 Å². The van der Waals surface area contributed by atoms with Crippen molar-refractivity contribution in [2.24, 2.45) is 17.6 Å². The third-order valence-electron chi connectivity index (χ3n) is 3.89. The van der Waals surface area contributed by atoms with Gasteiger partial charge in [-0.1, -0.05) is 26.0 Å². The van der Waals surface area contributed by atoms with Crippen LogP contribution in [0.15, 0.2) is 24.3 Å². The van der Waals surface area contributed by atoms with Gasteiger partial charge >= 0.3 is 0 Å². The highest BCUT2D eigenvalue weighted by Crippen LogP contribution is 2.41. The van der Waals surface area contributed by atoms with Crippen LogP contribution in [0.4, 0.5) is 0 Å². The van der Waals surface area contributed by atoms with E-state index in [2.05, 4.69) is 5.32 Å². The summed E-state index contributed by atoms with van der Waals surface area (Å²) in [5.41, 5.74) is 7.04. The Labute approximate surface area is 120 Å². The van der Waals surface area contributed by atoms with Gasteiger partial charge in [-0.2, -0.15) is 0 Å². The van der Waals surface area contributed by atoms with Crippen LogP contribution < -0.4 is 15.8 Å². The molecule has 1 aromatic carbocycles. The van der Waals surface area contributed by atoms with Crippen molar-refractivity contribution in [2.45, 2.75) is 38.8 Å². The van der Waals surface area contributed by atoms with E-state index in [4.69, 9.17) is 10.5 Å². The van der Waals surface area contributed by atoms with Gasteiger partial charge in [0.25, 0.3) is 0 Å². The lowest BCUT2D eigenvalue weighted by Crippen LogP contribution is -2.45. The van der Waals surface area contributed by atoms with Crippen molar-refractivity contribution in [1.29, 1.82) is 0 Å². The topological polar surface area (TPSA) is 64.3 Å². The highest BCUT2D eigenvalue weighted by Gasteiger charge is 2.34. The lowest BCUT2D eigenvalue weighted by molar-refractivity contribution is -0.124. The fraction of sp³-hybridized carbons (Fsp3) is 0.562. The number of nitrogens with one attached hydrogen (secondary N) is 1. The molecule has 0 aliphatic heterocycles. The molecule has 0 saturated heterocycles. The zero-order chi connectivity index (χ0) is 14.7. The first-order valence-electron chi connectivity index (χ1n) is 7.23. The molecule has 2 atom stereocenters. The number of amides is 1. The van der Waals surface area contributed by atoms with Crippen molar-refractivity contribution >= 4 is 5.91 Å². The molecule has 1 fully saturated rings. The van der Waals surface area contributed by atoms with Crippen LogP contribution in [0.2, 0.25) is 0 Å². The third kappa shape index (κ3) is 3.51. The van der Waals surface area contributed by atoms with E-state index in [1.54, 1.807) is 7.11 Å². The van der Waals surface area contributed by atoms with E-state index in [0.717, 1.165) is 24.2 Å². The van der Waals surface area contributed by atoms with E-state index < -0.39 is 6.04 Å². The molecule has 0 radical (unpaired) electrons. The van der Waals surface area contributed by atoms with E-state index in [1.807, 2.05) is 38.1 Å². The minimum absolute atomic E-state index is 0.0623. The normalized spacial score (nSPS) is 17.6. The zero-order valence-electron chi connectivity index (χ0n) is 12.4. The van der Waals surface area contributed by atoms with Crippen molar-refractivity contribution in [3.63, 3.8) is 0 Å². The molecule has 0 heterocycles. The number of hydrogen-bond acceptors (Lipinski definition) is 3. The largest absolute Gasteiger partial charge is 0.497 e. The lowest BCUT2D eigenvalue weighted by atomic mass is 9.99. The van der Waals surface area contributed by atoms with Crippen molar-refractivity contribution in [3.05, 3.63) is 29.8 Å². The van der Waals surface area contributed by atoms with E-state index in [9.17, 15) is 4.79 Å². The van der Waals surface area contributed by atoms with Crippen LogP contribution in [0, 0.1) is 11.8 Å². The summed E-state index contributed by atoms with van der Waals surface area (Å²) in [5, 5.41) is 3.11. The Kier molecular flexibility index (Phi) is 4.65. The lowest BCUT2D eigenvalue weighted by Gasteiger charge is -2.23. The second-order valence-electron chi connectivity index (χ2n) is 5.87. The van der Waals surface area contributed by atoms with E-state index >= 15 is 0 Å². The average molecular weight is 276 g/mol. The Balaban J connectivity index is 2.08. The van der Waals surface area contributed by atoms with Gasteiger partial charge in [0, 0.05) is 0 Å². The molecule has 3 N–H and O–H groups in total. The van der Waals surface area contributed by atoms with Crippen molar-refractivity contribution in [2.75, 3.05) is 7.11 Å². The molecule has 1 amide bonds. The summed E-state index contributed by atoms with van der Waals surface area (Å²) in [6.45, 7) is 3.92. The van der Waals surface area contributed by atoms with Gasteiger partial charge in [-0.15, -0.1) is 0 Å². The summed E-state index contributed by atoms with van der Waals surface area (Å²) < 4.78 is 5.17. The number of ether oxygens (including phenoxy) is 1. The molecule has 0 spiro atoms. The third-order valence-corrected chi connectivity index (χ3v) is 3.89. The number of hydrogen-bond donors (Lipinski definition) is 2. The van der Waals surface area contributed by atoms with Gasteiger partial charge in [-0.05, 0) is 42.4 Å². The molecule has 1 aliphatic carbocycles. The molecule has 1 aromatic rings. The maximum Gasteiger partial charge on any atom is 0.237 e. The summed E-state index contributed by atoms with van der Waals surface area (Å²) in [6.07, 6.45) is 2.32. The maximum absolute atomic E-state index is 12.2. The minimum Gasteiger partial charge on any atom is -0.497 e. The number of carbonyl (C=O) groups excluding carboxylic acids is 1. The van der Waals surface area contributed by atoms with Gasteiger partial charge < -0.3 is 15.8 Å². The molecule has 110 valence electrons. The molecule has 20 heavy (non-hydrogen) atoms. The highest BCUT2D eigenvalue weighted by atomic mass is 16.5. The molecular formula is C16H24N2O2. The first-order chi connectivity index (χ1) is 9.52. The van der Waals surface area contributed by atoms with Crippen LogP contribution in [0.25, 0.3) is 0 Å². The van der Waals surface area contributed by atoms with Gasteiger partial charge in [0.05, 0.1) is 19.2 Å². The van der Waals surface area contributed by atoms with Crippen LogP contribution in [0.3, 0.4) is 0 Å². The van der Waals surface area contributed by atoms with Crippen molar-refractivity contribution < 1.29 is 9.53 Å². The Morgan fingerprint density at radius 3 is 2.35 bits per heavy atom. The molecule has 0 bridgehead atoms. The Bertz CT molecular complexity index is 452. The second-order valence-corrected chi connectivity index (χ2v) is 5.87. The average Bonchev–Trinajstić information content (AvgIpc) is 3.28. The van der Waals surface area contributed by atoms with Gasteiger partial charge in [0.15, 0.2) is 0 Å². The first kappa shape index (κ1) is 14.9.